The van der Waals surface area contributed by atoms with Gasteiger partial charge in [0.05, 0.1) is 5.69 Å². The minimum atomic E-state index is 0.602. The lowest BCUT2D eigenvalue weighted by molar-refractivity contribution is 0.695. The van der Waals surface area contributed by atoms with Crippen molar-refractivity contribution >= 4 is 11.3 Å². The Bertz CT molecular complexity index is 565. The van der Waals surface area contributed by atoms with Crippen LogP contribution in [0.2, 0.25) is 0 Å². The lowest BCUT2D eigenvalue weighted by Crippen LogP contribution is -2.22. The number of rotatable bonds is 2. The number of fused-ring (bicyclic) bond motifs is 2. The van der Waals surface area contributed by atoms with E-state index < -0.39 is 0 Å². The Morgan fingerprint density at radius 2 is 2.24 bits per heavy atom. The van der Waals surface area contributed by atoms with Gasteiger partial charge in [-0.15, -0.1) is 0 Å². The van der Waals surface area contributed by atoms with Gasteiger partial charge in [-0.25, -0.2) is 9.50 Å². The Morgan fingerprint density at radius 3 is 3.06 bits per heavy atom. The molecule has 0 spiro atoms. The number of nitrogens with one attached hydrogen (secondary N) is 2. The number of nitrogens with zero attached hydrogens (tertiary/aromatic N) is 3. The number of hydrogen-bond acceptors (Lipinski definition) is 4. The first kappa shape index (κ1) is 9.41. The van der Waals surface area contributed by atoms with Crippen molar-refractivity contribution in [3.05, 3.63) is 24.2 Å². The largest absolute Gasteiger partial charge is 0.365 e. The van der Waals surface area contributed by atoms with E-state index in [2.05, 4.69) is 26.8 Å². The molecule has 1 aliphatic heterocycles. The molecule has 0 radical (unpaired) electrons. The van der Waals surface area contributed by atoms with Gasteiger partial charge in [0, 0.05) is 31.5 Å². The molecule has 2 atom stereocenters. The zero-order chi connectivity index (χ0) is 11.4. The number of anilines is 1. The fraction of sp³-hybridized carbons (Fsp3) is 0.500. The third-order valence-corrected chi connectivity index (χ3v) is 3.91. The molecule has 1 saturated carbocycles. The number of hydrogen-bond donors (Lipinski definition) is 2. The fourth-order valence-electron chi connectivity index (χ4n) is 2.95. The molecule has 2 unspecified atom stereocenters. The topological polar surface area (TPSA) is 54.2 Å². The van der Waals surface area contributed by atoms with Crippen molar-refractivity contribution in [2.24, 2.45) is 11.8 Å². The van der Waals surface area contributed by atoms with Crippen molar-refractivity contribution in [3.8, 4) is 0 Å². The average molecular weight is 229 g/mol. The van der Waals surface area contributed by atoms with Crippen molar-refractivity contribution in [3.63, 3.8) is 0 Å². The zero-order valence-corrected chi connectivity index (χ0v) is 9.72. The van der Waals surface area contributed by atoms with Gasteiger partial charge in [0.1, 0.15) is 5.52 Å². The second-order valence-electron chi connectivity index (χ2n) is 5.05. The molecule has 2 N–H and O–H groups in total. The Morgan fingerprint density at radius 1 is 1.41 bits per heavy atom. The third-order valence-electron chi connectivity index (χ3n) is 3.91. The molecule has 1 aliphatic carbocycles. The highest BCUT2D eigenvalue weighted by Gasteiger charge is 2.53. The van der Waals surface area contributed by atoms with Crippen LogP contribution < -0.4 is 10.6 Å². The molecule has 88 valence electrons. The molecule has 3 heterocycles. The van der Waals surface area contributed by atoms with Gasteiger partial charge in [0.25, 0.3) is 0 Å². The monoisotopic (exact) mass is 229 g/mol. The maximum absolute atomic E-state index is 4.44. The smallest absolute Gasteiger partial charge is 0.152 e. The van der Waals surface area contributed by atoms with E-state index in [4.69, 9.17) is 0 Å². The SMILES string of the molecule is Cc1cc2c(NC3C4CNCC43)nccn2n1. The van der Waals surface area contributed by atoms with Crippen LogP contribution in [0.3, 0.4) is 0 Å². The van der Waals surface area contributed by atoms with Crippen molar-refractivity contribution in [1.29, 1.82) is 0 Å². The summed E-state index contributed by atoms with van der Waals surface area (Å²) in [5.74, 6) is 2.55. The van der Waals surface area contributed by atoms with Gasteiger partial charge in [0.2, 0.25) is 0 Å². The van der Waals surface area contributed by atoms with Crippen LogP contribution in [-0.4, -0.2) is 33.7 Å². The van der Waals surface area contributed by atoms with Gasteiger partial charge in [-0.2, -0.15) is 5.10 Å². The maximum atomic E-state index is 4.44. The minimum Gasteiger partial charge on any atom is -0.365 e. The van der Waals surface area contributed by atoms with E-state index in [1.54, 1.807) is 6.20 Å². The van der Waals surface area contributed by atoms with Crippen molar-refractivity contribution in [2.45, 2.75) is 13.0 Å². The molecule has 5 heteroatoms. The molecule has 1 saturated heterocycles. The van der Waals surface area contributed by atoms with E-state index in [0.29, 0.717) is 6.04 Å². The van der Waals surface area contributed by atoms with E-state index in [1.165, 1.54) is 0 Å². The van der Waals surface area contributed by atoms with E-state index in [-0.39, 0.29) is 0 Å². The first-order valence-electron chi connectivity index (χ1n) is 6.11. The van der Waals surface area contributed by atoms with Gasteiger partial charge >= 0.3 is 0 Å². The number of aryl methyl sites for hydroxylation is 1. The molecule has 2 aromatic rings. The van der Waals surface area contributed by atoms with Crippen LogP contribution in [0, 0.1) is 18.8 Å². The van der Waals surface area contributed by atoms with Crippen LogP contribution in [0.25, 0.3) is 5.52 Å². The van der Waals surface area contributed by atoms with E-state index in [9.17, 15) is 0 Å². The summed E-state index contributed by atoms with van der Waals surface area (Å²) in [7, 11) is 0. The summed E-state index contributed by atoms with van der Waals surface area (Å²) in [6.45, 7) is 4.29. The third kappa shape index (κ3) is 1.35. The summed E-state index contributed by atoms with van der Waals surface area (Å²) in [5, 5.41) is 11.4. The molecule has 2 aliphatic rings. The van der Waals surface area contributed by atoms with E-state index in [0.717, 1.165) is 42.0 Å². The molecule has 4 rings (SSSR count). The lowest BCUT2D eigenvalue weighted by Gasteiger charge is -2.08. The second kappa shape index (κ2) is 3.20. The van der Waals surface area contributed by atoms with E-state index >= 15 is 0 Å². The van der Waals surface area contributed by atoms with Crippen LogP contribution in [0.4, 0.5) is 5.82 Å². The first-order valence-corrected chi connectivity index (χ1v) is 6.11. The molecule has 0 aromatic carbocycles. The van der Waals surface area contributed by atoms with E-state index in [1.807, 2.05) is 17.6 Å². The van der Waals surface area contributed by atoms with Gasteiger partial charge < -0.3 is 10.6 Å². The van der Waals surface area contributed by atoms with Gasteiger partial charge in [-0.1, -0.05) is 0 Å². The molecular formula is C12H15N5. The summed E-state index contributed by atoms with van der Waals surface area (Å²) in [6, 6.07) is 2.68. The predicted molar refractivity (Wildman–Crippen MR) is 65.0 cm³/mol. The summed E-state index contributed by atoms with van der Waals surface area (Å²) < 4.78 is 1.89. The summed E-state index contributed by atoms with van der Waals surface area (Å²) in [4.78, 5) is 4.44. The molecule has 5 nitrogen and oxygen atoms in total. The highest BCUT2D eigenvalue weighted by molar-refractivity contribution is 5.68. The van der Waals surface area contributed by atoms with Gasteiger partial charge in [-0.3, -0.25) is 0 Å². The molecule has 2 fully saturated rings. The highest BCUT2D eigenvalue weighted by Crippen LogP contribution is 2.43. The normalized spacial score (nSPS) is 30.5. The van der Waals surface area contributed by atoms with Crippen LogP contribution in [0.1, 0.15) is 5.69 Å². The Balaban J connectivity index is 1.67. The number of piperidine rings is 1. The van der Waals surface area contributed by atoms with Crippen LogP contribution in [-0.2, 0) is 0 Å². The Hall–Kier alpha value is -1.62. The maximum Gasteiger partial charge on any atom is 0.152 e. The molecule has 17 heavy (non-hydrogen) atoms. The summed E-state index contributed by atoms with van der Waals surface area (Å²) >= 11 is 0. The quantitative estimate of drug-likeness (QED) is 0.794. The molecular weight excluding hydrogens is 214 g/mol. The lowest BCUT2D eigenvalue weighted by atomic mass is 10.3. The average Bonchev–Trinajstić information content (AvgIpc) is 2.71. The second-order valence-corrected chi connectivity index (χ2v) is 5.05. The highest BCUT2D eigenvalue weighted by atomic mass is 15.2. The molecule has 0 bridgehead atoms. The van der Waals surface area contributed by atoms with Gasteiger partial charge in [0.15, 0.2) is 5.82 Å². The summed E-state index contributed by atoms with van der Waals surface area (Å²) in [6.07, 6.45) is 3.70. The molecule has 0 amide bonds. The Labute approximate surface area is 99.2 Å². The van der Waals surface area contributed by atoms with Crippen LogP contribution >= 0.6 is 0 Å². The zero-order valence-electron chi connectivity index (χ0n) is 9.72. The van der Waals surface area contributed by atoms with Crippen LogP contribution in [0.5, 0.6) is 0 Å². The molecule has 2 aromatic heterocycles. The van der Waals surface area contributed by atoms with Gasteiger partial charge in [-0.05, 0) is 24.8 Å². The van der Waals surface area contributed by atoms with Crippen LogP contribution in [0.15, 0.2) is 18.5 Å². The van der Waals surface area contributed by atoms with Crippen molar-refractivity contribution < 1.29 is 0 Å². The summed E-state index contributed by atoms with van der Waals surface area (Å²) in [5.41, 5.74) is 2.10. The van der Waals surface area contributed by atoms with Crippen molar-refractivity contribution in [1.82, 2.24) is 19.9 Å². The first-order chi connectivity index (χ1) is 8.33. The van der Waals surface area contributed by atoms with Crippen molar-refractivity contribution in [2.75, 3.05) is 18.4 Å². The number of aromatic nitrogens is 3. The minimum absolute atomic E-state index is 0.602. The fourth-order valence-corrected chi connectivity index (χ4v) is 2.95. The predicted octanol–water partition coefficient (Wildman–Crippen LogP) is 0.667. The Kier molecular flexibility index (Phi) is 1.77. The standard InChI is InChI=1S/C12H15N5/c1-7-4-10-12(14-2-3-17(10)16-7)15-11-8-5-13-6-9(8)11/h2-4,8-9,11,13H,5-6H2,1H3,(H,14,15).